The van der Waals surface area contributed by atoms with Crippen molar-refractivity contribution in [2.24, 2.45) is 0 Å². The molecule has 0 aromatic rings. The molecule has 3 N–H and O–H groups in total. The average Bonchev–Trinajstić information content (AvgIpc) is 1.80. The second-order valence-electron chi connectivity index (χ2n) is 1.70. The largest absolute Gasteiger partial charge is 0.370 e. The molecule has 1 heterocycles. The Morgan fingerprint density at radius 2 is 2.22 bits per heavy atom. The lowest BCUT2D eigenvalue weighted by Crippen LogP contribution is -2.55. The number of aliphatic hydroxyl groups excluding tert-OH is 1. The molecule has 1 aliphatic heterocycles. The van der Waals surface area contributed by atoms with Gasteiger partial charge in [-0.1, -0.05) is 0 Å². The summed E-state index contributed by atoms with van der Waals surface area (Å²) in [6.45, 7) is -0.00704. The number of hydrogen-bond acceptors (Lipinski definition) is 4. The maximum absolute atomic E-state index is 10.4. The van der Waals surface area contributed by atoms with Crippen LogP contribution in [0.25, 0.3) is 0 Å². The topological polar surface area (TPSA) is 78.4 Å². The number of rotatable bonds is 0. The average molecular weight is 130 g/mol. The summed E-state index contributed by atoms with van der Waals surface area (Å²) in [5.74, 6) is -1.10. The van der Waals surface area contributed by atoms with Gasteiger partial charge >= 0.3 is 0 Å². The molecule has 0 aliphatic carbocycles. The lowest BCUT2D eigenvalue weighted by atomic mass is 10.4. The quantitative estimate of drug-likeness (QED) is 0.318. The van der Waals surface area contributed by atoms with Gasteiger partial charge in [0.05, 0.1) is 6.54 Å². The van der Waals surface area contributed by atoms with Gasteiger partial charge in [0, 0.05) is 0 Å². The molecule has 0 aromatic heterocycles. The Balaban J connectivity index is 2.54. The third-order valence-corrected chi connectivity index (χ3v) is 0.967. The van der Waals surface area contributed by atoms with Gasteiger partial charge in [0.25, 0.3) is 5.91 Å². The maximum atomic E-state index is 10.4. The van der Waals surface area contributed by atoms with Crippen LogP contribution >= 0.6 is 0 Å². The molecule has 1 saturated heterocycles. The van der Waals surface area contributed by atoms with Crippen molar-refractivity contribution < 1.29 is 14.7 Å². The first-order chi connectivity index (χ1) is 4.20. The fourth-order valence-corrected chi connectivity index (χ4v) is 0.532. The van der Waals surface area contributed by atoms with Crippen LogP contribution in [0.4, 0.5) is 0 Å². The van der Waals surface area contributed by atoms with E-state index in [-0.39, 0.29) is 6.54 Å². The van der Waals surface area contributed by atoms with E-state index in [4.69, 9.17) is 5.11 Å². The van der Waals surface area contributed by atoms with Crippen LogP contribution in [0.1, 0.15) is 0 Å². The Kier molecular flexibility index (Phi) is 1.46. The van der Waals surface area contributed by atoms with Gasteiger partial charge in [-0.2, -0.15) is 0 Å². The van der Waals surface area contributed by atoms with E-state index in [9.17, 15) is 9.59 Å². The summed E-state index contributed by atoms with van der Waals surface area (Å²) in [6, 6.07) is 0. The summed E-state index contributed by atoms with van der Waals surface area (Å²) in [5, 5.41) is 12.8. The van der Waals surface area contributed by atoms with E-state index in [1.54, 1.807) is 0 Å². The monoisotopic (exact) mass is 130 g/mol. The van der Waals surface area contributed by atoms with Gasteiger partial charge in [-0.15, -0.1) is 0 Å². The lowest BCUT2D eigenvalue weighted by Gasteiger charge is -2.16. The number of piperazine rings is 1. The molecule has 1 rings (SSSR count). The second kappa shape index (κ2) is 2.12. The highest BCUT2D eigenvalue weighted by molar-refractivity contribution is 6.00. The Morgan fingerprint density at radius 3 is 2.67 bits per heavy atom. The molecule has 0 spiro atoms. The Bertz CT molecular complexity index is 156. The highest BCUT2D eigenvalue weighted by Crippen LogP contribution is 1.82. The van der Waals surface area contributed by atoms with Crippen molar-refractivity contribution in [2.75, 3.05) is 6.54 Å². The number of carbonyl (C=O) groups is 2. The molecular formula is C4H6N2O3. The van der Waals surface area contributed by atoms with Crippen molar-refractivity contribution in [2.45, 2.75) is 6.23 Å². The van der Waals surface area contributed by atoms with Crippen molar-refractivity contribution in [1.82, 2.24) is 10.6 Å². The van der Waals surface area contributed by atoms with Crippen LogP contribution in [0, 0.1) is 0 Å². The van der Waals surface area contributed by atoms with Gasteiger partial charge in [0.2, 0.25) is 5.91 Å². The van der Waals surface area contributed by atoms with E-state index in [0.717, 1.165) is 0 Å². The van der Waals surface area contributed by atoms with E-state index in [2.05, 4.69) is 5.32 Å². The molecule has 5 nitrogen and oxygen atoms in total. The van der Waals surface area contributed by atoms with E-state index >= 15 is 0 Å². The van der Waals surface area contributed by atoms with Crippen LogP contribution in [0.3, 0.4) is 0 Å². The van der Waals surface area contributed by atoms with Gasteiger partial charge in [-0.05, 0) is 0 Å². The van der Waals surface area contributed by atoms with Gasteiger partial charge in [0.15, 0.2) is 6.23 Å². The fourth-order valence-electron chi connectivity index (χ4n) is 0.532. The zero-order chi connectivity index (χ0) is 6.85. The Morgan fingerprint density at radius 1 is 1.56 bits per heavy atom. The van der Waals surface area contributed by atoms with Crippen LogP contribution in [0.15, 0.2) is 0 Å². The minimum absolute atomic E-state index is 0.00704. The number of imide groups is 1. The van der Waals surface area contributed by atoms with Crippen molar-refractivity contribution in [1.29, 1.82) is 0 Å². The highest BCUT2D eigenvalue weighted by Gasteiger charge is 2.22. The minimum Gasteiger partial charge on any atom is -0.370 e. The molecule has 2 amide bonds. The van der Waals surface area contributed by atoms with E-state index < -0.39 is 18.0 Å². The minimum atomic E-state index is -1.23. The normalized spacial score (nSPS) is 27.9. The molecule has 0 radical (unpaired) electrons. The summed E-state index contributed by atoms with van der Waals surface area (Å²) in [4.78, 5) is 20.7. The number of hydrogen-bond donors (Lipinski definition) is 3. The molecular weight excluding hydrogens is 124 g/mol. The molecule has 0 aromatic carbocycles. The molecule has 5 heteroatoms. The molecule has 1 unspecified atom stereocenters. The van der Waals surface area contributed by atoms with E-state index in [0.29, 0.717) is 0 Å². The summed E-state index contributed by atoms with van der Waals surface area (Å²) < 4.78 is 0. The molecule has 0 saturated carbocycles. The number of nitrogens with one attached hydrogen (secondary N) is 2. The number of carbonyl (C=O) groups excluding carboxylic acids is 2. The van der Waals surface area contributed by atoms with Gasteiger partial charge in [0.1, 0.15) is 0 Å². The van der Waals surface area contributed by atoms with Crippen LogP contribution < -0.4 is 10.6 Å². The fraction of sp³-hybridized carbons (Fsp3) is 0.500. The van der Waals surface area contributed by atoms with Crippen molar-refractivity contribution in [3.05, 3.63) is 0 Å². The molecule has 1 aliphatic rings. The molecule has 9 heavy (non-hydrogen) atoms. The zero-order valence-corrected chi connectivity index (χ0v) is 4.55. The SMILES string of the molecule is O=C1CNC(O)C(=O)N1. The highest BCUT2D eigenvalue weighted by atomic mass is 16.3. The van der Waals surface area contributed by atoms with Crippen LogP contribution in [-0.4, -0.2) is 29.7 Å². The van der Waals surface area contributed by atoms with Crippen molar-refractivity contribution in [3.63, 3.8) is 0 Å². The maximum Gasteiger partial charge on any atom is 0.270 e. The second-order valence-corrected chi connectivity index (χ2v) is 1.70. The van der Waals surface area contributed by atoms with Gasteiger partial charge in [-0.25, -0.2) is 0 Å². The summed E-state index contributed by atoms with van der Waals surface area (Å²) in [6.07, 6.45) is -1.23. The Hall–Kier alpha value is -0.940. The summed E-state index contributed by atoms with van der Waals surface area (Å²) in [5.41, 5.74) is 0. The molecule has 1 fully saturated rings. The number of aliphatic hydroxyl groups is 1. The first kappa shape index (κ1) is 6.18. The first-order valence-corrected chi connectivity index (χ1v) is 2.45. The van der Waals surface area contributed by atoms with Gasteiger partial charge < -0.3 is 5.11 Å². The van der Waals surface area contributed by atoms with Crippen LogP contribution in [0.2, 0.25) is 0 Å². The number of amides is 2. The van der Waals surface area contributed by atoms with Crippen molar-refractivity contribution >= 4 is 11.8 Å². The predicted octanol–water partition coefficient (Wildman–Crippen LogP) is -2.45. The third kappa shape index (κ3) is 1.24. The van der Waals surface area contributed by atoms with E-state index in [1.165, 1.54) is 0 Å². The molecule has 1 atom stereocenters. The van der Waals surface area contributed by atoms with Crippen molar-refractivity contribution in [3.8, 4) is 0 Å². The lowest BCUT2D eigenvalue weighted by molar-refractivity contribution is -0.140. The predicted molar refractivity (Wildman–Crippen MR) is 27.2 cm³/mol. The van der Waals surface area contributed by atoms with Crippen LogP contribution in [0.5, 0.6) is 0 Å². The summed E-state index contributed by atoms with van der Waals surface area (Å²) >= 11 is 0. The Labute approximate surface area is 51.0 Å². The van der Waals surface area contributed by atoms with E-state index in [1.807, 2.05) is 5.32 Å². The van der Waals surface area contributed by atoms with Crippen LogP contribution in [-0.2, 0) is 9.59 Å². The molecule has 0 bridgehead atoms. The standard InChI is InChI=1S/C4H6N2O3/c7-2-1-5-3(8)4(9)6-2/h3,5,8H,1H2,(H,6,7,9). The zero-order valence-electron chi connectivity index (χ0n) is 4.55. The summed E-state index contributed by atoms with van der Waals surface area (Å²) in [7, 11) is 0. The smallest absolute Gasteiger partial charge is 0.270 e. The van der Waals surface area contributed by atoms with Gasteiger partial charge in [-0.3, -0.25) is 20.2 Å². The molecule has 50 valence electrons. The third-order valence-electron chi connectivity index (χ3n) is 0.967. The first-order valence-electron chi connectivity index (χ1n) is 2.45.